The Bertz CT molecular complexity index is 985. The third kappa shape index (κ3) is 2.76. The fourth-order valence-electron chi connectivity index (χ4n) is 3.16. The molecule has 0 bridgehead atoms. The number of aryl methyl sites for hydroxylation is 2. The van der Waals surface area contributed by atoms with Crippen molar-refractivity contribution in [3.63, 3.8) is 0 Å². The Balaban J connectivity index is 1.90. The molecule has 4 rings (SSSR count). The number of ether oxygens (including phenoxy) is 3. The number of hydrogen-bond donors (Lipinski definition) is 0. The second-order valence-corrected chi connectivity index (χ2v) is 6.55. The van der Waals surface area contributed by atoms with Crippen LogP contribution < -0.4 is 14.2 Å². The molecule has 0 N–H and O–H groups in total. The van der Waals surface area contributed by atoms with Gasteiger partial charge in [0.25, 0.3) is 0 Å². The predicted molar refractivity (Wildman–Crippen MR) is 99.2 cm³/mol. The molecule has 5 heteroatoms. The third-order valence-electron chi connectivity index (χ3n) is 4.45. The van der Waals surface area contributed by atoms with Gasteiger partial charge in [-0.3, -0.25) is 0 Å². The van der Waals surface area contributed by atoms with Crippen molar-refractivity contribution in [2.24, 2.45) is 0 Å². The van der Waals surface area contributed by atoms with Crippen LogP contribution in [0.15, 0.2) is 30.3 Å². The maximum Gasteiger partial charge on any atom is 0.162 e. The van der Waals surface area contributed by atoms with Crippen LogP contribution in [0, 0.1) is 13.8 Å². The molecule has 1 aliphatic heterocycles. The van der Waals surface area contributed by atoms with Gasteiger partial charge in [0.1, 0.15) is 19.0 Å². The van der Waals surface area contributed by atoms with Gasteiger partial charge in [-0.2, -0.15) is 0 Å². The van der Waals surface area contributed by atoms with Crippen LogP contribution in [0.1, 0.15) is 11.1 Å². The quantitative estimate of drug-likeness (QED) is 0.652. The fourth-order valence-corrected chi connectivity index (χ4v) is 3.39. The van der Waals surface area contributed by atoms with Gasteiger partial charge in [0.05, 0.1) is 23.3 Å². The van der Waals surface area contributed by atoms with E-state index in [-0.39, 0.29) is 0 Å². The zero-order valence-corrected chi connectivity index (χ0v) is 15.1. The topological polar surface area (TPSA) is 40.6 Å². The zero-order chi connectivity index (χ0) is 17.6. The van der Waals surface area contributed by atoms with E-state index in [1.807, 2.05) is 24.3 Å². The summed E-state index contributed by atoms with van der Waals surface area (Å²) in [7, 11) is 1.61. The summed E-state index contributed by atoms with van der Waals surface area (Å²) in [5.41, 5.74) is 4.97. The first kappa shape index (κ1) is 16.0. The number of hydrogen-bond acceptors (Lipinski definition) is 4. The molecule has 3 aromatic rings. The molecule has 0 saturated heterocycles. The average Bonchev–Trinajstić information content (AvgIpc) is 2.60. The number of nitrogens with zero attached hydrogens (tertiary/aromatic N) is 1. The molecule has 0 radical (unpaired) electrons. The van der Waals surface area contributed by atoms with Crippen molar-refractivity contribution in [2.45, 2.75) is 13.8 Å². The maximum absolute atomic E-state index is 6.28. The first-order valence-corrected chi connectivity index (χ1v) is 8.50. The molecule has 0 saturated carbocycles. The molecular weight excluding hydrogens is 338 g/mol. The Morgan fingerprint density at radius 3 is 2.40 bits per heavy atom. The molecule has 0 fully saturated rings. The van der Waals surface area contributed by atoms with E-state index in [0.717, 1.165) is 44.8 Å². The predicted octanol–water partition coefficient (Wildman–Crippen LogP) is 4.95. The van der Waals surface area contributed by atoms with Crippen LogP contribution in [0.4, 0.5) is 0 Å². The molecule has 0 amide bonds. The number of pyridine rings is 1. The molecule has 2 aromatic carbocycles. The largest absolute Gasteiger partial charge is 0.495 e. The van der Waals surface area contributed by atoms with Gasteiger partial charge in [0.15, 0.2) is 11.5 Å². The van der Waals surface area contributed by atoms with Gasteiger partial charge in [0.2, 0.25) is 0 Å². The number of aromatic nitrogens is 1. The van der Waals surface area contributed by atoms with E-state index < -0.39 is 0 Å². The van der Waals surface area contributed by atoms with Crippen molar-refractivity contribution in [2.75, 3.05) is 20.3 Å². The van der Waals surface area contributed by atoms with Gasteiger partial charge in [-0.05, 0) is 55.3 Å². The minimum atomic E-state index is 0.554. The lowest BCUT2D eigenvalue weighted by molar-refractivity contribution is 0.171. The Morgan fingerprint density at radius 1 is 0.960 bits per heavy atom. The van der Waals surface area contributed by atoms with Crippen LogP contribution in [0.25, 0.3) is 22.2 Å². The smallest absolute Gasteiger partial charge is 0.162 e. The van der Waals surface area contributed by atoms with Crippen LogP contribution in [0.2, 0.25) is 5.02 Å². The molecule has 0 aliphatic carbocycles. The Hall–Kier alpha value is -2.46. The van der Waals surface area contributed by atoms with Crippen molar-refractivity contribution in [1.82, 2.24) is 4.98 Å². The Morgan fingerprint density at radius 2 is 1.68 bits per heavy atom. The van der Waals surface area contributed by atoms with E-state index >= 15 is 0 Å². The van der Waals surface area contributed by atoms with Crippen molar-refractivity contribution in [1.29, 1.82) is 0 Å². The molecule has 2 heterocycles. The van der Waals surface area contributed by atoms with E-state index in [2.05, 4.69) is 19.9 Å². The van der Waals surface area contributed by atoms with Crippen molar-refractivity contribution >= 4 is 22.5 Å². The zero-order valence-electron chi connectivity index (χ0n) is 14.4. The van der Waals surface area contributed by atoms with Gasteiger partial charge in [-0.15, -0.1) is 0 Å². The highest BCUT2D eigenvalue weighted by Crippen LogP contribution is 2.38. The van der Waals surface area contributed by atoms with Crippen molar-refractivity contribution in [3.8, 4) is 28.5 Å². The fraction of sp³-hybridized carbons (Fsp3) is 0.250. The number of halogens is 1. The molecule has 4 nitrogen and oxygen atoms in total. The summed E-state index contributed by atoms with van der Waals surface area (Å²) >= 11 is 6.28. The Labute approximate surface area is 151 Å². The van der Waals surface area contributed by atoms with Gasteiger partial charge in [-0.25, -0.2) is 4.98 Å². The molecule has 0 spiro atoms. The van der Waals surface area contributed by atoms with E-state index in [1.54, 1.807) is 7.11 Å². The highest BCUT2D eigenvalue weighted by atomic mass is 35.5. The van der Waals surface area contributed by atoms with Crippen molar-refractivity contribution in [3.05, 3.63) is 46.5 Å². The van der Waals surface area contributed by atoms with Crippen molar-refractivity contribution < 1.29 is 14.2 Å². The summed E-state index contributed by atoms with van der Waals surface area (Å²) in [4.78, 5) is 4.82. The minimum absolute atomic E-state index is 0.554. The molecule has 1 aromatic heterocycles. The first-order valence-electron chi connectivity index (χ1n) is 8.12. The summed E-state index contributed by atoms with van der Waals surface area (Å²) in [5.74, 6) is 2.21. The number of rotatable bonds is 2. The summed E-state index contributed by atoms with van der Waals surface area (Å²) < 4.78 is 16.7. The summed E-state index contributed by atoms with van der Waals surface area (Å²) in [6, 6.07) is 9.86. The highest BCUT2D eigenvalue weighted by Gasteiger charge is 2.17. The minimum Gasteiger partial charge on any atom is -0.495 e. The SMILES string of the molecule is COc1cc2c(C)cc(-c3cc4c(cc3C)OCCO4)nc2cc1Cl. The number of fused-ring (bicyclic) bond motifs is 2. The highest BCUT2D eigenvalue weighted by molar-refractivity contribution is 6.32. The van der Waals surface area contributed by atoms with Crippen LogP contribution in [-0.4, -0.2) is 25.3 Å². The van der Waals surface area contributed by atoms with E-state index in [0.29, 0.717) is 24.0 Å². The molecule has 0 unspecified atom stereocenters. The lowest BCUT2D eigenvalue weighted by Crippen LogP contribution is -2.15. The van der Waals surface area contributed by atoms with Crippen LogP contribution in [0.3, 0.4) is 0 Å². The number of methoxy groups -OCH3 is 1. The second-order valence-electron chi connectivity index (χ2n) is 6.14. The van der Waals surface area contributed by atoms with Gasteiger partial charge >= 0.3 is 0 Å². The van der Waals surface area contributed by atoms with Crippen LogP contribution >= 0.6 is 11.6 Å². The van der Waals surface area contributed by atoms with E-state index in [4.69, 9.17) is 30.8 Å². The van der Waals surface area contributed by atoms with Gasteiger partial charge in [0, 0.05) is 10.9 Å². The molecule has 128 valence electrons. The van der Waals surface area contributed by atoms with Crippen LogP contribution in [-0.2, 0) is 0 Å². The molecule has 25 heavy (non-hydrogen) atoms. The van der Waals surface area contributed by atoms with Gasteiger partial charge in [-0.1, -0.05) is 11.6 Å². The average molecular weight is 356 g/mol. The maximum atomic E-state index is 6.28. The lowest BCUT2D eigenvalue weighted by atomic mass is 10.0. The summed E-state index contributed by atoms with van der Waals surface area (Å²) in [6.07, 6.45) is 0. The standard InChI is InChI=1S/C20H18ClNO3/c1-11-6-16(22-17-10-15(21)18(23-3)8-13(11)17)14-9-20-19(7-12(14)2)24-4-5-25-20/h6-10H,4-5H2,1-3H3. The Kier molecular flexibility index (Phi) is 3.92. The number of benzene rings is 2. The lowest BCUT2D eigenvalue weighted by Gasteiger charge is -2.20. The monoisotopic (exact) mass is 355 g/mol. The second kappa shape index (κ2) is 6.12. The summed E-state index contributed by atoms with van der Waals surface area (Å²) in [6.45, 7) is 5.26. The summed E-state index contributed by atoms with van der Waals surface area (Å²) in [5, 5.41) is 1.58. The molecular formula is C20H18ClNO3. The molecule has 1 aliphatic rings. The van der Waals surface area contributed by atoms with E-state index in [9.17, 15) is 0 Å². The third-order valence-corrected chi connectivity index (χ3v) is 4.75. The van der Waals surface area contributed by atoms with E-state index in [1.165, 1.54) is 0 Å². The molecule has 0 atom stereocenters. The first-order chi connectivity index (χ1) is 12.1. The normalized spacial score (nSPS) is 13.1. The van der Waals surface area contributed by atoms with Crippen LogP contribution in [0.5, 0.6) is 17.2 Å². The van der Waals surface area contributed by atoms with Gasteiger partial charge < -0.3 is 14.2 Å².